The van der Waals surface area contributed by atoms with Crippen LogP contribution in [0.4, 0.5) is 11.4 Å². The summed E-state index contributed by atoms with van der Waals surface area (Å²) in [6.45, 7) is 5.88. The van der Waals surface area contributed by atoms with Gasteiger partial charge >= 0.3 is 0 Å². The van der Waals surface area contributed by atoms with Gasteiger partial charge in [0.05, 0.1) is 5.69 Å². The van der Waals surface area contributed by atoms with E-state index in [4.69, 9.17) is 0 Å². The third-order valence-corrected chi connectivity index (χ3v) is 8.62. The third kappa shape index (κ3) is 2.66. The molecule has 2 aliphatic carbocycles. The molecule has 0 radical (unpaired) electrons. The van der Waals surface area contributed by atoms with Crippen LogP contribution in [0.1, 0.15) is 62.6 Å². The van der Waals surface area contributed by atoms with Gasteiger partial charge in [0.25, 0.3) is 0 Å². The first kappa shape index (κ1) is 19.0. The number of hydrogen-bond donors (Lipinski definition) is 2. The van der Waals surface area contributed by atoms with E-state index in [1.807, 2.05) is 0 Å². The van der Waals surface area contributed by atoms with Gasteiger partial charge in [0.1, 0.15) is 5.75 Å². The number of rotatable bonds is 3. The Balaban J connectivity index is 1.60. The predicted molar refractivity (Wildman–Crippen MR) is 120 cm³/mol. The van der Waals surface area contributed by atoms with Gasteiger partial charge < -0.3 is 15.3 Å². The van der Waals surface area contributed by atoms with Gasteiger partial charge in [0.2, 0.25) is 0 Å². The molecule has 2 aromatic carbocycles. The molecule has 1 heterocycles. The van der Waals surface area contributed by atoms with Crippen molar-refractivity contribution in [3.8, 4) is 5.75 Å². The Hall–Kier alpha value is -2.00. The molecule has 2 bridgehead atoms. The number of phenols is 1. The van der Waals surface area contributed by atoms with Crippen LogP contribution in [0, 0.1) is 5.41 Å². The molecule has 3 atom stereocenters. The van der Waals surface area contributed by atoms with Crippen molar-refractivity contribution in [3.05, 3.63) is 53.1 Å². The van der Waals surface area contributed by atoms with Crippen molar-refractivity contribution in [3.63, 3.8) is 0 Å². The van der Waals surface area contributed by atoms with Crippen LogP contribution in [-0.2, 0) is 18.3 Å². The Labute approximate surface area is 175 Å². The lowest BCUT2D eigenvalue weighted by Crippen LogP contribution is -2.66. The van der Waals surface area contributed by atoms with E-state index in [0.717, 1.165) is 24.2 Å². The minimum Gasteiger partial charge on any atom is -0.506 e. The number of nitrogens with one attached hydrogen (secondary N) is 1. The largest absolute Gasteiger partial charge is 0.506 e. The second-order valence-electron chi connectivity index (χ2n) is 9.82. The highest BCUT2D eigenvalue weighted by Gasteiger charge is 2.60. The summed E-state index contributed by atoms with van der Waals surface area (Å²) in [5.74, 6) is 0.398. The van der Waals surface area contributed by atoms with Crippen molar-refractivity contribution in [2.75, 3.05) is 18.9 Å². The summed E-state index contributed by atoms with van der Waals surface area (Å²) in [5, 5.41) is 14.6. The molecular formula is C26H34N2O. The standard InChI is InChI=1S/C26H34N2O/c1-4-18-9-5-6-10-21(18)27-22-15-19-16-24-25(2)11-7-8-12-26(25,13-14-28(24)3)20(19)17-23(22)29/h5-6,9-10,15,17,24,27,29H,4,7-8,11-14,16H2,1-3H3/t24-,25+,26+/m0/s1. The SMILES string of the molecule is CCc1ccccc1Nc1cc2c(cc1O)[C@]13CCCC[C@]1(C)[C@H](C2)N(C)CC3. The van der Waals surface area contributed by atoms with Crippen LogP contribution in [0.5, 0.6) is 5.75 Å². The molecule has 29 heavy (non-hydrogen) atoms. The summed E-state index contributed by atoms with van der Waals surface area (Å²) in [7, 11) is 2.32. The molecule has 0 unspecified atom stereocenters. The number of likely N-dealkylation sites (N-methyl/N-ethyl adjacent to an activating group) is 1. The second-order valence-corrected chi connectivity index (χ2v) is 9.82. The minimum atomic E-state index is 0.230. The molecule has 2 fully saturated rings. The summed E-state index contributed by atoms with van der Waals surface area (Å²) in [4.78, 5) is 2.61. The number of benzene rings is 2. The summed E-state index contributed by atoms with van der Waals surface area (Å²) >= 11 is 0. The second kappa shape index (κ2) is 6.77. The fraction of sp³-hybridized carbons (Fsp3) is 0.538. The van der Waals surface area contributed by atoms with E-state index in [1.165, 1.54) is 55.3 Å². The normalized spacial score (nSPS) is 31.1. The first-order valence-electron chi connectivity index (χ1n) is 11.4. The lowest BCUT2D eigenvalue weighted by atomic mass is 9.45. The van der Waals surface area contributed by atoms with Crippen LogP contribution in [0.3, 0.4) is 0 Å². The number of nitrogens with zero attached hydrogens (tertiary/aromatic N) is 1. The zero-order chi connectivity index (χ0) is 20.2. The molecule has 2 N–H and O–H groups in total. The summed E-state index contributed by atoms with van der Waals surface area (Å²) in [5.41, 5.74) is 6.65. The Kier molecular flexibility index (Phi) is 4.43. The fourth-order valence-corrected chi connectivity index (χ4v) is 6.96. The maximum absolute atomic E-state index is 11.0. The maximum Gasteiger partial charge on any atom is 0.139 e. The van der Waals surface area contributed by atoms with Gasteiger partial charge in [0.15, 0.2) is 0 Å². The quantitative estimate of drug-likeness (QED) is 0.653. The molecule has 1 aliphatic heterocycles. The van der Waals surface area contributed by atoms with Crippen molar-refractivity contribution >= 4 is 11.4 Å². The molecule has 3 aliphatic rings. The monoisotopic (exact) mass is 390 g/mol. The number of phenolic OH excluding ortho intramolecular Hbond substituents is 1. The molecule has 0 amide bonds. The molecular weight excluding hydrogens is 356 g/mol. The first-order chi connectivity index (χ1) is 14.0. The molecule has 1 saturated heterocycles. The Morgan fingerprint density at radius 1 is 1.10 bits per heavy atom. The minimum absolute atomic E-state index is 0.230. The molecule has 0 aromatic heterocycles. The number of aromatic hydroxyl groups is 1. The highest BCUT2D eigenvalue weighted by Crippen LogP contribution is 2.63. The van der Waals surface area contributed by atoms with Crippen LogP contribution < -0.4 is 5.32 Å². The van der Waals surface area contributed by atoms with Gasteiger partial charge in [-0.05, 0) is 86.0 Å². The molecule has 3 heteroatoms. The van der Waals surface area contributed by atoms with Crippen molar-refractivity contribution in [1.82, 2.24) is 4.90 Å². The van der Waals surface area contributed by atoms with E-state index in [9.17, 15) is 5.11 Å². The highest BCUT2D eigenvalue weighted by atomic mass is 16.3. The summed E-state index contributed by atoms with van der Waals surface area (Å²) in [6.07, 6.45) is 8.53. The van der Waals surface area contributed by atoms with E-state index in [2.05, 4.69) is 67.5 Å². The van der Waals surface area contributed by atoms with Crippen LogP contribution >= 0.6 is 0 Å². The number of hydrogen-bond acceptors (Lipinski definition) is 3. The number of fused-ring (bicyclic) bond motifs is 1. The number of likely N-dealkylation sites (tertiary alicyclic amines) is 1. The van der Waals surface area contributed by atoms with Gasteiger partial charge in [-0.25, -0.2) is 0 Å². The molecule has 154 valence electrons. The number of aryl methyl sites for hydroxylation is 1. The number of piperidine rings is 1. The van der Waals surface area contributed by atoms with Crippen LogP contribution in [0.25, 0.3) is 0 Å². The van der Waals surface area contributed by atoms with E-state index in [-0.39, 0.29) is 5.41 Å². The van der Waals surface area contributed by atoms with Crippen molar-refractivity contribution in [2.45, 2.75) is 70.3 Å². The zero-order valence-corrected chi connectivity index (χ0v) is 18.1. The van der Waals surface area contributed by atoms with Crippen molar-refractivity contribution < 1.29 is 5.11 Å². The van der Waals surface area contributed by atoms with Crippen LogP contribution in [0.2, 0.25) is 0 Å². The van der Waals surface area contributed by atoms with Crippen molar-refractivity contribution in [1.29, 1.82) is 0 Å². The highest BCUT2D eigenvalue weighted by molar-refractivity contribution is 5.71. The number of para-hydroxylation sites is 1. The maximum atomic E-state index is 11.0. The third-order valence-electron chi connectivity index (χ3n) is 8.62. The average molecular weight is 391 g/mol. The topological polar surface area (TPSA) is 35.5 Å². The van der Waals surface area contributed by atoms with E-state index < -0.39 is 0 Å². The smallest absolute Gasteiger partial charge is 0.139 e. The van der Waals surface area contributed by atoms with E-state index >= 15 is 0 Å². The van der Waals surface area contributed by atoms with Gasteiger partial charge in [-0.2, -0.15) is 0 Å². The van der Waals surface area contributed by atoms with Gasteiger partial charge in [-0.15, -0.1) is 0 Å². The van der Waals surface area contributed by atoms with Gasteiger partial charge in [-0.1, -0.05) is 44.9 Å². The number of anilines is 2. The first-order valence-corrected chi connectivity index (χ1v) is 11.4. The van der Waals surface area contributed by atoms with E-state index in [1.54, 1.807) is 0 Å². The zero-order valence-electron chi connectivity index (χ0n) is 18.1. The Morgan fingerprint density at radius 3 is 2.72 bits per heavy atom. The summed E-state index contributed by atoms with van der Waals surface area (Å²) in [6, 6.07) is 13.4. The van der Waals surface area contributed by atoms with Crippen molar-refractivity contribution in [2.24, 2.45) is 5.41 Å². The van der Waals surface area contributed by atoms with Crippen LogP contribution in [0.15, 0.2) is 36.4 Å². The van der Waals surface area contributed by atoms with Gasteiger partial charge in [-0.3, -0.25) is 0 Å². The average Bonchev–Trinajstić information content (AvgIpc) is 2.72. The van der Waals surface area contributed by atoms with E-state index in [0.29, 0.717) is 17.2 Å². The van der Waals surface area contributed by atoms with Gasteiger partial charge in [0, 0.05) is 17.1 Å². The lowest BCUT2D eigenvalue weighted by Gasteiger charge is -2.65. The summed E-state index contributed by atoms with van der Waals surface area (Å²) < 4.78 is 0. The Bertz CT molecular complexity index is 938. The molecule has 2 aromatic rings. The molecule has 3 nitrogen and oxygen atoms in total. The molecule has 1 saturated carbocycles. The molecule has 0 spiro atoms. The Morgan fingerprint density at radius 2 is 1.90 bits per heavy atom. The predicted octanol–water partition coefficient (Wildman–Crippen LogP) is 5.78. The van der Waals surface area contributed by atoms with Crippen LogP contribution in [-0.4, -0.2) is 29.6 Å². The molecule has 5 rings (SSSR count). The lowest BCUT2D eigenvalue weighted by molar-refractivity contribution is -0.0735. The fourth-order valence-electron chi connectivity index (χ4n) is 6.96.